The molecule has 47 heavy (non-hydrogen) atoms. The predicted octanol–water partition coefficient (Wildman–Crippen LogP) is 4.88. The Hall–Kier alpha value is -4.60. The van der Waals surface area contributed by atoms with Gasteiger partial charge in [-0.05, 0) is 36.4 Å². The van der Waals surface area contributed by atoms with Crippen molar-refractivity contribution in [2.24, 2.45) is 0 Å². The number of terminal acetylenes is 1. The number of hydrogen-bond acceptors (Lipinski definition) is 9. The van der Waals surface area contributed by atoms with Gasteiger partial charge in [0.2, 0.25) is 5.88 Å². The highest BCUT2D eigenvalue weighted by Gasteiger charge is 2.51. The predicted molar refractivity (Wildman–Crippen MR) is 172 cm³/mol. The summed E-state index contributed by atoms with van der Waals surface area (Å²) in [4.78, 5) is 18.2. The second-order valence-electron chi connectivity index (χ2n) is 13.0. The molecule has 242 valence electrons. The Morgan fingerprint density at radius 3 is 2.87 bits per heavy atom. The number of anilines is 1. The highest BCUT2D eigenvalue weighted by molar-refractivity contribution is 6.04. The molecule has 0 spiro atoms. The van der Waals surface area contributed by atoms with Gasteiger partial charge < -0.3 is 24.8 Å². The highest BCUT2D eigenvalue weighted by atomic mass is 19.1. The Morgan fingerprint density at radius 2 is 2.06 bits per heavy atom. The molecule has 12 heteroatoms. The summed E-state index contributed by atoms with van der Waals surface area (Å²) in [5.41, 5.74) is 0.0981. The molecule has 0 unspecified atom stereocenters. The maximum atomic E-state index is 17.0. The summed E-state index contributed by atoms with van der Waals surface area (Å²) in [5, 5.41) is 15.1. The molecule has 4 aliphatic rings. The third-order valence-electron chi connectivity index (χ3n) is 10.00. The second kappa shape index (κ2) is 11.0. The van der Waals surface area contributed by atoms with Gasteiger partial charge in [0, 0.05) is 49.6 Å². The van der Waals surface area contributed by atoms with E-state index in [1.165, 1.54) is 24.3 Å². The average Bonchev–Trinajstić information content (AvgIpc) is 3.46. The van der Waals surface area contributed by atoms with Crippen LogP contribution in [-0.2, 0) is 0 Å². The van der Waals surface area contributed by atoms with Gasteiger partial charge in [-0.25, -0.2) is 18.2 Å². The van der Waals surface area contributed by atoms with Crippen LogP contribution in [0, 0.1) is 24.0 Å². The summed E-state index contributed by atoms with van der Waals surface area (Å²) in [5.74, 6) is 1.22. The number of phenols is 1. The van der Waals surface area contributed by atoms with Crippen molar-refractivity contribution in [3.05, 3.63) is 53.6 Å². The molecule has 0 amide bonds. The molecule has 3 saturated heterocycles. The van der Waals surface area contributed by atoms with Gasteiger partial charge in [0.1, 0.15) is 53.4 Å². The number of aromatic nitrogens is 3. The Labute approximate surface area is 269 Å². The third-order valence-corrected chi connectivity index (χ3v) is 10.00. The standard InChI is InChI=1S/C35H33F3N6O3/c1-4-21-15-44-22(12-39-21)16-46-33-28-31(41-34(42-32(28)44)47-17-35-10-18(3)13-43(35)14-20(36)11-35)29(38)30(40-33)25-9-23(45)8-19-6-7-26(37)24(5-2)27(19)25/h2,6-9,20-22,39,45H,3-4,10-17H2,1H3/t20-,21-,22+,35-/m1/s1. The van der Waals surface area contributed by atoms with Gasteiger partial charge in [-0.1, -0.05) is 31.1 Å². The summed E-state index contributed by atoms with van der Waals surface area (Å²) in [6.07, 6.45) is 6.48. The number of ether oxygens (including phenoxy) is 2. The molecule has 3 fully saturated rings. The fraction of sp³-hybridized carbons (Fsp3) is 0.400. The van der Waals surface area contributed by atoms with E-state index in [1.54, 1.807) is 0 Å². The minimum atomic E-state index is -0.984. The molecule has 0 radical (unpaired) electrons. The minimum absolute atomic E-state index is 0.0630. The van der Waals surface area contributed by atoms with Crippen LogP contribution < -0.4 is 19.7 Å². The van der Waals surface area contributed by atoms with Gasteiger partial charge in [0.25, 0.3) is 0 Å². The number of pyridine rings is 1. The van der Waals surface area contributed by atoms with E-state index >= 15 is 4.39 Å². The van der Waals surface area contributed by atoms with Crippen LogP contribution in [0.4, 0.5) is 19.0 Å². The van der Waals surface area contributed by atoms with Crippen molar-refractivity contribution in [3.8, 4) is 41.2 Å². The van der Waals surface area contributed by atoms with Gasteiger partial charge in [-0.15, -0.1) is 6.42 Å². The Balaban J connectivity index is 1.33. The smallest absolute Gasteiger partial charge is 0.319 e. The van der Waals surface area contributed by atoms with E-state index in [-0.39, 0.29) is 76.0 Å². The molecule has 8 rings (SSSR count). The second-order valence-corrected chi connectivity index (χ2v) is 13.0. The van der Waals surface area contributed by atoms with Crippen LogP contribution in [0.2, 0.25) is 0 Å². The van der Waals surface area contributed by atoms with Crippen LogP contribution in [0.3, 0.4) is 0 Å². The van der Waals surface area contributed by atoms with Crippen LogP contribution in [0.5, 0.6) is 17.6 Å². The molecular weight excluding hydrogens is 609 g/mol. The maximum absolute atomic E-state index is 17.0. The van der Waals surface area contributed by atoms with Gasteiger partial charge in [-0.2, -0.15) is 9.97 Å². The molecule has 6 heterocycles. The first kappa shape index (κ1) is 29.8. The lowest BCUT2D eigenvalue weighted by molar-refractivity contribution is 0.107. The van der Waals surface area contributed by atoms with Crippen LogP contribution in [0.15, 0.2) is 36.4 Å². The van der Waals surface area contributed by atoms with Gasteiger partial charge in [0.05, 0.1) is 17.1 Å². The first-order valence-corrected chi connectivity index (χ1v) is 15.8. The van der Waals surface area contributed by atoms with Crippen LogP contribution in [0.25, 0.3) is 32.9 Å². The molecule has 2 N–H and O–H groups in total. The van der Waals surface area contributed by atoms with Crippen molar-refractivity contribution in [1.82, 2.24) is 25.2 Å². The Bertz CT molecular complexity index is 2020. The molecule has 0 aliphatic carbocycles. The maximum Gasteiger partial charge on any atom is 0.319 e. The lowest BCUT2D eigenvalue weighted by Gasteiger charge is -2.39. The average molecular weight is 643 g/mol. The van der Waals surface area contributed by atoms with E-state index in [0.29, 0.717) is 50.2 Å². The molecule has 2 aromatic carbocycles. The topological polar surface area (TPSA) is 95.9 Å². The van der Waals surface area contributed by atoms with Crippen molar-refractivity contribution in [2.45, 2.75) is 50.0 Å². The zero-order chi connectivity index (χ0) is 32.6. The number of hydrogen-bond donors (Lipinski definition) is 2. The van der Waals surface area contributed by atoms with Gasteiger partial charge in [0.15, 0.2) is 5.82 Å². The molecule has 2 aromatic heterocycles. The first-order valence-electron chi connectivity index (χ1n) is 15.8. The lowest BCUT2D eigenvalue weighted by atomic mass is 9.93. The molecule has 9 nitrogen and oxygen atoms in total. The fourth-order valence-electron chi connectivity index (χ4n) is 7.78. The number of fused-ring (bicyclic) bond motifs is 4. The number of phenolic OH excluding ortho intramolecular Hbond substituents is 1. The SMILES string of the molecule is C#Cc1c(F)ccc2cc(O)cc(-c3nc4c5c(nc(OC[C@]67CC(=C)CN6C[C@H](F)C7)nc5c3F)N3C[C@@H](CC)NC[C@H]3CO4)c12. The first-order chi connectivity index (χ1) is 22.7. The number of nitrogens with one attached hydrogen (secondary N) is 1. The molecule has 4 atom stereocenters. The molecule has 0 saturated carbocycles. The summed E-state index contributed by atoms with van der Waals surface area (Å²) in [7, 11) is 0. The number of halogens is 3. The number of aromatic hydroxyl groups is 1. The van der Waals surface area contributed by atoms with E-state index in [2.05, 4.69) is 44.5 Å². The van der Waals surface area contributed by atoms with Crippen molar-refractivity contribution in [1.29, 1.82) is 0 Å². The van der Waals surface area contributed by atoms with Crippen molar-refractivity contribution in [3.63, 3.8) is 0 Å². The number of benzene rings is 2. The normalized spacial score (nSPS) is 25.4. The monoisotopic (exact) mass is 642 g/mol. The Morgan fingerprint density at radius 1 is 1.21 bits per heavy atom. The van der Waals surface area contributed by atoms with Gasteiger partial charge in [-0.3, -0.25) is 4.90 Å². The van der Waals surface area contributed by atoms with E-state index in [1.807, 2.05) is 0 Å². The van der Waals surface area contributed by atoms with E-state index in [0.717, 1.165) is 12.0 Å². The zero-order valence-electron chi connectivity index (χ0n) is 25.8. The van der Waals surface area contributed by atoms with Crippen molar-refractivity contribution in [2.75, 3.05) is 44.3 Å². The minimum Gasteiger partial charge on any atom is -0.508 e. The third kappa shape index (κ3) is 4.74. The number of rotatable bonds is 5. The Kier molecular flexibility index (Phi) is 6.97. The lowest BCUT2D eigenvalue weighted by Crippen LogP contribution is -2.58. The quantitative estimate of drug-likeness (QED) is 0.233. The largest absolute Gasteiger partial charge is 0.508 e. The van der Waals surface area contributed by atoms with Crippen molar-refractivity contribution >= 4 is 27.5 Å². The highest BCUT2D eigenvalue weighted by Crippen LogP contribution is 2.45. The molecule has 0 bridgehead atoms. The summed E-state index contributed by atoms with van der Waals surface area (Å²) >= 11 is 0. The summed E-state index contributed by atoms with van der Waals surface area (Å²) in [6, 6.07) is 5.34. The van der Waals surface area contributed by atoms with Crippen LogP contribution >= 0.6 is 0 Å². The summed E-state index contributed by atoms with van der Waals surface area (Å²) in [6.45, 7) is 8.63. The van der Waals surface area contributed by atoms with Crippen LogP contribution in [-0.4, -0.2) is 88.1 Å². The molecule has 4 aliphatic heterocycles. The zero-order valence-corrected chi connectivity index (χ0v) is 25.8. The molecular formula is C35H33F3N6O3. The molecule has 4 aromatic rings. The fourth-order valence-corrected chi connectivity index (χ4v) is 7.78. The summed E-state index contributed by atoms with van der Waals surface area (Å²) < 4.78 is 59.1. The number of piperazine rings is 1. The number of nitrogens with zero attached hydrogens (tertiary/aromatic N) is 5. The van der Waals surface area contributed by atoms with Crippen molar-refractivity contribution < 1.29 is 27.8 Å². The van der Waals surface area contributed by atoms with Gasteiger partial charge >= 0.3 is 6.01 Å². The van der Waals surface area contributed by atoms with Crippen LogP contribution in [0.1, 0.15) is 31.7 Å². The number of alkyl halides is 1. The van der Waals surface area contributed by atoms with E-state index < -0.39 is 23.3 Å². The van der Waals surface area contributed by atoms with E-state index in [9.17, 15) is 13.9 Å². The van der Waals surface area contributed by atoms with E-state index in [4.69, 9.17) is 20.9 Å².